The Balaban J connectivity index is 1.92. The molecule has 28 heavy (non-hydrogen) atoms. The Morgan fingerprint density at radius 1 is 1.11 bits per heavy atom. The number of carbonyl (C=O) groups is 2. The summed E-state index contributed by atoms with van der Waals surface area (Å²) in [6.07, 6.45) is 3.22. The Hall–Kier alpha value is -3.08. The van der Waals surface area contributed by atoms with E-state index in [2.05, 4.69) is 24.4 Å². The van der Waals surface area contributed by atoms with Gasteiger partial charge in [0.05, 0.1) is 24.2 Å². The molecule has 2 aromatic carbocycles. The van der Waals surface area contributed by atoms with Crippen molar-refractivity contribution in [2.75, 3.05) is 11.9 Å². The van der Waals surface area contributed by atoms with Crippen molar-refractivity contribution in [2.45, 2.75) is 39.2 Å². The number of nitrogens with one attached hydrogen (secondary N) is 1. The maximum atomic E-state index is 13.0. The highest BCUT2D eigenvalue weighted by Gasteiger charge is 2.30. The third kappa shape index (κ3) is 4.09. The first-order chi connectivity index (χ1) is 13.5. The Labute approximate surface area is 165 Å². The predicted molar refractivity (Wildman–Crippen MR) is 111 cm³/mol. The van der Waals surface area contributed by atoms with Crippen molar-refractivity contribution < 1.29 is 14.7 Å². The lowest BCUT2D eigenvalue weighted by Gasteiger charge is -2.23. The van der Waals surface area contributed by atoms with Crippen LogP contribution in [0.4, 0.5) is 5.69 Å². The van der Waals surface area contributed by atoms with Gasteiger partial charge in [0.2, 0.25) is 5.91 Å². The van der Waals surface area contributed by atoms with Crippen LogP contribution in [-0.4, -0.2) is 24.0 Å². The van der Waals surface area contributed by atoms with Crippen LogP contribution in [0.2, 0.25) is 0 Å². The zero-order valence-corrected chi connectivity index (χ0v) is 16.4. The average Bonchev–Trinajstić information content (AvgIpc) is 2.83. The molecule has 0 radical (unpaired) electrons. The van der Waals surface area contributed by atoms with Crippen LogP contribution in [0.15, 0.2) is 54.1 Å². The van der Waals surface area contributed by atoms with Gasteiger partial charge in [-0.15, -0.1) is 0 Å². The summed E-state index contributed by atoms with van der Waals surface area (Å²) in [5, 5.41) is 13.2. The Bertz CT molecular complexity index is 900. The molecule has 0 saturated heterocycles. The number of unbranched alkanes of at least 4 members (excludes halogenated alkanes) is 1. The average molecular weight is 378 g/mol. The number of aliphatic hydroxyl groups is 1. The molecule has 1 heterocycles. The first kappa shape index (κ1) is 19.7. The maximum Gasteiger partial charge on any atom is 0.251 e. The summed E-state index contributed by atoms with van der Waals surface area (Å²) in [5.74, 6) is -0.798. The third-order valence-corrected chi connectivity index (χ3v) is 5.05. The van der Waals surface area contributed by atoms with Crippen LogP contribution in [0.1, 0.15) is 42.9 Å². The number of aliphatic hydroxyl groups excluding tert-OH is 1. The van der Waals surface area contributed by atoms with Crippen LogP contribution in [0, 0.1) is 0 Å². The van der Waals surface area contributed by atoms with Gasteiger partial charge >= 0.3 is 0 Å². The molecule has 2 aromatic rings. The molecular formula is C23H26N2O3. The second-order valence-corrected chi connectivity index (χ2v) is 7.00. The van der Waals surface area contributed by atoms with Gasteiger partial charge in [0.15, 0.2) is 0 Å². The second kappa shape index (κ2) is 8.74. The van der Waals surface area contributed by atoms with E-state index in [1.54, 1.807) is 23.1 Å². The molecule has 1 aliphatic heterocycles. The van der Waals surface area contributed by atoms with Crippen molar-refractivity contribution in [1.29, 1.82) is 0 Å². The van der Waals surface area contributed by atoms with Crippen molar-refractivity contribution in [2.24, 2.45) is 0 Å². The van der Waals surface area contributed by atoms with Crippen LogP contribution >= 0.6 is 0 Å². The normalized spacial score (nSPS) is 13.9. The van der Waals surface area contributed by atoms with Gasteiger partial charge < -0.3 is 15.3 Å². The van der Waals surface area contributed by atoms with E-state index < -0.39 is 5.91 Å². The van der Waals surface area contributed by atoms with Gasteiger partial charge in [-0.3, -0.25) is 9.59 Å². The molecule has 0 aromatic heterocycles. The maximum absolute atomic E-state index is 13.0. The van der Waals surface area contributed by atoms with Crippen molar-refractivity contribution in [3.8, 4) is 0 Å². The smallest absolute Gasteiger partial charge is 0.251 e. The fraction of sp³-hybridized carbons (Fsp3) is 0.304. The van der Waals surface area contributed by atoms with E-state index in [1.165, 1.54) is 12.6 Å². The van der Waals surface area contributed by atoms with Crippen molar-refractivity contribution in [3.63, 3.8) is 0 Å². The van der Waals surface area contributed by atoms with Gasteiger partial charge in [0, 0.05) is 12.6 Å². The van der Waals surface area contributed by atoms with E-state index in [4.69, 9.17) is 0 Å². The summed E-state index contributed by atoms with van der Waals surface area (Å²) in [6, 6.07) is 15.4. The van der Waals surface area contributed by atoms with Crippen LogP contribution < -0.4 is 10.2 Å². The number of carbonyl (C=O) groups excluding carboxylic acids is 2. The molecule has 146 valence electrons. The molecule has 0 saturated carbocycles. The molecule has 5 nitrogen and oxygen atoms in total. The van der Waals surface area contributed by atoms with Crippen LogP contribution in [0.3, 0.4) is 0 Å². The van der Waals surface area contributed by atoms with Crippen molar-refractivity contribution in [1.82, 2.24) is 5.32 Å². The van der Waals surface area contributed by atoms with Gasteiger partial charge in [-0.1, -0.05) is 49.7 Å². The minimum Gasteiger partial charge on any atom is -0.507 e. The van der Waals surface area contributed by atoms with Gasteiger partial charge in [0.25, 0.3) is 5.91 Å². The molecular weight excluding hydrogens is 352 g/mol. The molecule has 0 aliphatic carbocycles. The number of anilines is 1. The standard InChI is InChI=1S/C23H26N2O3/c1-3-4-7-16-10-12-17(13-11-16)15-25-20-9-6-5-8-18(20)22(27)19(14-21(25)26)23(28)24-2/h5-6,8-13,27H,3-4,7,14-15H2,1-2H3,(H,24,28). The van der Waals surface area contributed by atoms with E-state index in [0.717, 1.165) is 24.8 Å². The highest BCUT2D eigenvalue weighted by atomic mass is 16.3. The van der Waals surface area contributed by atoms with Gasteiger partial charge in [-0.2, -0.15) is 0 Å². The molecule has 2 N–H and O–H groups in total. The number of rotatable bonds is 6. The van der Waals surface area contributed by atoms with Crippen molar-refractivity contribution >= 4 is 23.3 Å². The molecule has 0 unspecified atom stereocenters. The van der Waals surface area contributed by atoms with E-state index in [1.807, 2.05) is 18.2 Å². The highest BCUT2D eigenvalue weighted by Crippen LogP contribution is 2.34. The molecule has 0 bridgehead atoms. The number of para-hydroxylation sites is 1. The van der Waals surface area contributed by atoms with E-state index in [0.29, 0.717) is 17.8 Å². The Morgan fingerprint density at radius 3 is 2.46 bits per heavy atom. The zero-order chi connectivity index (χ0) is 20.1. The minimum atomic E-state index is -0.442. The van der Waals surface area contributed by atoms with E-state index >= 15 is 0 Å². The first-order valence-corrected chi connectivity index (χ1v) is 9.67. The molecule has 5 heteroatoms. The van der Waals surface area contributed by atoms with Crippen LogP contribution in [0.25, 0.3) is 5.76 Å². The lowest BCUT2D eigenvalue weighted by molar-refractivity contribution is -0.121. The Kier molecular flexibility index (Phi) is 6.14. The lowest BCUT2D eigenvalue weighted by atomic mass is 10.0. The fourth-order valence-corrected chi connectivity index (χ4v) is 3.42. The van der Waals surface area contributed by atoms with Crippen LogP contribution in [0.5, 0.6) is 0 Å². The van der Waals surface area contributed by atoms with E-state index in [9.17, 15) is 14.7 Å². The number of fused-ring (bicyclic) bond motifs is 1. The lowest BCUT2D eigenvalue weighted by Crippen LogP contribution is -2.31. The summed E-state index contributed by atoms with van der Waals surface area (Å²) < 4.78 is 0. The highest BCUT2D eigenvalue weighted by molar-refractivity contribution is 6.10. The van der Waals surface area contributed by atoms with E-state index in [-0.39, 0.29) is 23.7 Å². The number of nitrogens with zero attached hydrogens (tertiary/aromatic N) is 1. The monoisotopic (exact) mass is 378 g/mol. The third-order valence-electron chi connectivity index (χ3n) is 5.05. The second-order valence-electron chi connectivity index (χ2n) is 7.00. The molecule has 0 fully saturated rings. The number of amides is 2. The summed E-state index contributed by atoms with van der Waals surface area (Å²) in [6.45, 7) is 2.56. The number of benzene rings is 2. The zero-order valence-electron chi connectivity index (χ0n) is 16.4. The molecule has 0 spiro atoms. The minimum absolute atomic E-state index is 0.0948. The summed E-state index contributed by atoms with van der Waals surface area (Å²) in [4.78, 5) is 26.8. The van der Waals surface area contributed by atoms with Gasteiger partial charge in [-0.05, 0) is 36.1 Å². The summed E-state index contributed by atoms with van der Waals surface area (Å²) >= 11 is 0. The first-order valence-electron chi connectivity index (χ1n) is 9.67. The number of likely N-dealkylation sites (N-methyl/N-ethyl adjacent to an activating group) is 1. The number of hydrogen-bond donors (Lipinski definition) is 2. The predicted octanol–water partition coefficient (Wildman–Crippen LogP) is 3.98. The molecule has 2 amide bonds. The number of aryl methyl sites for hydroxylation is 1. The number of hydrogen-bond acceptors (Lipinski definition) is 3. The van der Waals surface area contributed by atoms with Crippen molar-refractivity contribution in [3.05, 3.63) is 70.8 Å². The largest absolute Gasteiger partial charge is 0.507 e. The summed E-state index contributed by atoms with van der Waals surface area (Å²) in [7, 11) is 1.49. The van der Waals surface area contributed by atoms with Crippen LogP contribution in [-0.2, 0) is 22.6 Å². The quantitative estimate of drug-likeness (QED) is 0.799. The SMILES string of the molecule is CCCCc1ccc(CN2C(=O)CC(C(=O)NC)=C(O)c3ccccc32)cc1. The van der Waals surface area contributed by atoms with Gasteiger partial charge in [0.1, 0.15) is 5.76 Å². The molecule has 0 atom stereocenters. The fourth-order valence-electron chi connectivity index (χ4n) is 3.42. The topological polar surface area (TPSA) is 69.6 Å². The molecule has 1 aliphatic rings. The Morgan fingerprint density at radius 2 is 1.79 bits per heavy atom. The summed E-state index contributed by atoms with van der Waals surface area (Å²) in [5.41, 5.74) is 3.49. The molecule has 3 rings (SSSR count). The van der Waals surface area contributed by atoms with Gasteiger partial charge in [-0.25, -0.2) is 0 Å².